The Morgan fingerprint density at radius 2 is 2.13 bits per heavy atom. The highest BCUT2D eigenvalue weighted by molar-refractivity contribution is 5.19. The summed E-state index contributed by atoms with van der Waals surface area (Å²) in [7, 11) is 0. The van der Waals surface area contributed by atoms with Gasteiger partial charge in [0, 0.05) is 25.7 Å². The first kappa shape index (κ1) is 10.6. The highest BCUT2D eigenvalue weighted by Crippen LogP contribution is 2.23. The smallest absolute Gasteiger partial charge is 0.0679 e. The van der Waals surface area contributed by atoms with Gasteiger partial charge in [-0.3, -0.25) is 4.90 Å². The molecule has 1 fully saturated rings. The van der Waals surface area contributed by atoms with E-state index in [1.165, 1.54) is 5.56 Å². The summed E-state index contributed by atoms with van der Waals surface area (Å²) in [5, 5.41) is 9.51. The van der Waals surface area contributed by atoms with Crippen LogP contribution in [0, 0.1) is 0 Å². The van der Waals surface area contributed by atoms with E-state index in [4.69, 9.17) is 5.73 Å². The van der Waals surface area contributed by atoms with Gasteiger partial charge in [0.15, 0.2) is 0 Å². The average molecular weight is 206 g/mol. The molecule has 82 valence electrons. The number of nitrogens with two attached hydrogens (primary N) is 1. The van der Waals surface area contributed by atoms with Gasteiger partial charge in [-0.15, -0.1) is 0 Å². The topological polar surface area (TPSA) is 49.5 Å². The van der Waals surface area contributed by atoms with Gasteiger partial charge in [0.25, 0.3) is 0 Å². The Morgan fingerprint density at radius 1 is 1.40 bits per heavy atom. The number of benzene rings is 1. The first-order valence-electron chi connectivity index (χ1n) is 5.48. The number of β-amino-alcohol motifs (C(OH)–C–C–N with tert-alkyl or cyclic N) is 1. The normalized spacial score (nSPS) is 24.3. The van der Waals surface area contributed by atoms with Gasteiger partial charge in [-0.1, -0.05) is 30.3 Å². The van der Waals surface area contributed by atoms with Crippen molar-refractivity contribution in [1.29, 1.82) is 0 Å². The van der Waals surface area contributed by atoms with Crippen molar-refractivity contribution in [1.82, 2.24) is 4.90 Å². The molecule has 0 amide bonds. The van der Waals surface area contributed by atoms with Crippen LogP contribution in [0.15, 0.2) is 30.3 Å². The van der Waals surface area contributed by atoms with E-state index in [1.54, 1.807) is 0 Å². The minimum Gasteiger partial charge on any atom is -0.392 e. The van der Waals surface area contributed by atoms with Crippen molar-refractivity contribution in [2.75, 3.05) is 19.6 Å². The molecule has 1 aromatic carbocycles. The number of likely N-dealkylation sites (tertiary alicyclic amines) is 1. The van der Waals surface area contributed by atoms with Crippen molar-refractivity contribution >= 4 is 0 Å². The fourth-order valence-corrected chi connectivity index (χ4v) is 2.22. The Labute approximate surface area is 90.5 Å². The Morgan fingerprint density at radius 3 is 2.67 bits per heavy atom. The van der Waals surface area contributed by atoms with Gasteiger partial charge >= 0.3 is 0 Å². The molecule has 0 spiro atoms. The quantitative estimate of drug-likeness (QED) is 0.767. The Balaban J connectivity index is 2.11. The molecular formula is C12H18N2O. The molecule has 2 rings (SSSR count). The van der Waals surface area contributed by atoms with E-state index in [-0.39, 0.29) is 12.1 Å². The van der Waals surface area contributed by atoms with Crippen molar-refractivity contribution in [3.63, 3.8) is 0 Å². The van der Waals surface area contributed by atoms with Gasteiger partial charge < -0.3 is 10.8 Å². The molecule has 1 aromatic rings. The van der Waals surface area contributed by atoms with Crippen molar-refractivity contribution < 1.29 is 5.11 Å². The standard InChI is InChI=1S/C12H18N2O/c13-8-12(10-4-2-1-3-5-10)14-7-6-11(15)9-14/h1-5,11-12,15H,6-9,13H2. The Bertz CT molecular complexity index is 302. The zero-order valence-electron chi connectivity index (χ0n) is 8.84. The molecule has 0 radical (unpaired) electrons. The summed E-state index contributed by atoms with van der Waals surface area (Å²) >= 11 is 0. The van der Waals surface area contributed by atoms with Crippen molar-refractivity contribution in [2.24, 2.45) is 5.73 Å². The zero-order chi connectivity index (χ0) is 10.7. The highest BCUT2D eigenvalue weighted by Gasteiger charge is 2.26. The SMILES string of the molecule is NCC(c1ccccc1)N1CCC(O)C1. The first-order chi connectivity index (χ1) is 7.31. The lowest BCUT2D eigenvalue weighted by molar-refractivity contribution is 0.160. The summed E-state index contributed by atoms with van der Waals surface area (Å²) in [6.07, 6.45) is 0.686. The first-order valence-corrected chi connectivity index (χ1v) is 5.48. The number of hydrogen-bond donors (Lipinski definition) is 2. The Hall–Kier alpha value is -0.900. The highest BCUT2D eigenvalue weighted by atomic mass is 16.3. The second-order valence-electron chi connectivity index (χ2n) is 4.10. The van der Waals surface area contributed by atoms with E-state index in [9.17, 15) is 5.11 Å². The number of rotatable bonds is 3. The maximum atomic E-state index is 9.51. The third-order valence-corrected chi connectivity index (χ3v) is 3.04. The van der Waals surface area contributed by atoms with Gasteiger partial charge in [0.2, 0.25) is 0 Å². The van der Waals surface area contributed by atoms with Crippen LogP contribution < -0.4 is 5.73 Å². The Kier molecular flexibility index (Phi) is 3.36. The summed E-state index contributed by atoms with van der Waals surface area (Å²) in [6, 6.07) is 10.5. The van der Waals surface area contributed by atoms with Crippen LogP contribution in [0.3, 0.4) is 0 Å². The average Bonchev–Trinajstić information content (AvgIpc) is 2.68. The lowest BCUT2D eigenvalue weighted by Gasteiger charge is -2.26. The third kappa shape index (κ3) is 2.37. The molecule has 1 saturated heterocycles. The van der Waals surface area contributed by atoms with Gasteiger partial charge in [0.1, 0.15) is 0 Å². The predicted molar refractivity (Wildman–Crippen MR) is 60.4 cm³/mol. The van der Waals surface area contributed by atoms with Crippen LogP contribution >= 0.6 is 0 Å². The molecular weight excluding hydrogens is 188 g/mol. The van der Waals surface area contributed by atoms with Gasteiger partial charge in [-0.25, -0.2) is 0 Å². The lowest BCUT2D eigenvalue weighted by Crippen LogP contribution is -2.32. The second-order valence-corrected chi connectivity index (χ2v) is 4.10. The van der Waals surface area contributed by atoms with E-state index in [0.717, 1.165) is 19.5 Å². The molecule has 2 atom stereocenters. The molecule has 15 heavy (non-hydrogen) atoms. The molecule has 0 aliphatic carbocycles. The summed E-state index contributed by atoms with van der Waals surface area (Å²) < 4.78 is 0. The van der Waals surface area contributed by atoms with E-state index in [0.29, 0.717) is 6.54 Å². The molecule has 0 saturated carbocycles. The van der Waals surface area contributed by atoms with E-state index in [1.807, 2.05) is 18.2 Å². The predicted octanol–water partition coefficient (Wildman–Crippen LogP) is 0.753. The van der Waals surface area contributed by atoms with Gasteiger partial charge in [0.05, 0.1) is 6.10 Å². The molecule has 2 unspecified atom stereocenters. The number of hydrogen-bond acceptors (Lipinski definition) is 3. The maximum Gasteiger partial charge on any atom is 0.0679 e. The summed E-state index contributed by atoms with van der Waals surface area (Å²) in [5.41, 5.74) is 7.05. The lowest BCUT2D eigenvalue weighted by atomic mass is 10.1. The van der Waals surface area contributed by atoms with E-state index < -0.39 is 0 Å². The summed E-state index contributed by atoms with van der Waals surface area (Å²) in [5.74, 6) is 0. The molecule has 0 bridgehead atoms. The van der Waals surface area contributed by atoms with Crippen LogP contribution in [-0.4, -0.2) is 35.7 Å². The van der Waals surface area contributed by atoms with Crippen LogP contribution in [0.5, 0.6) is 0 Å². The molecule has 3 N–H and O–H groups in total. The second kappa shape index (κ2) is 4.75. The van der Waals surface area contributed by atoms with Crippen molar-refractivity contribution in [3.8, 4) is 0 Å². The fourth-order valence-electron chi connectivity index (χ4n) is 2.22. The molecule has 0 aromatic heterocycles. The molecule has 1 aliphatic heterocycles. The van der Waals surface area contributed by atoms with E-state index in [2.05, 4.69) is 17.0 Å². The van der Waals surface area contributed by atoms with Crippen LogP contribution in [0.25, 0.3) is 0 Å². The maximum absolute atomic E-state index is 9.51. The van der Waals surface area contributed by atoms with Gasteiger partial charge in [-0.05, 0) is 12.0 Å². The molecule has 1 heterocycles. The molecule has 3 nitrogen and oxygen atoms in total. The third-order valence-electron chi connectivity index (χ3n) is 3.04. The zero-order valence-corrected chi connectivity index (χ0v) is 8.84. The molecule has 1 aliphatic rings. The summed E-state index contributed by atoms with van der Waals surface area (Å²) in [4.78, 5) is 2.26. The minimum absolute atomic E-state index is 0.178. The minimum atomic E-state index is -0.178. The fraction of sp³-hybridized carbons (Fsp3) is 0.500. The van der Waals surface area contributed by atoms with Crippen LogP contribution in [-0.2, 0) is 0 Å². The molecule has 3 heteroatoms. The van der Waals surface area contributed by atoms with Crippen LogP contribution in [0.1, 0.15) is 18.0 Å². The van der Waals surface area contributed by atoms with Gasteiger partial charge in [-0.2, -0.15) is 0 Å². The van der Waals surface area contributed by atoms with Crippen molar-refractivity contribution in [3.05, 3.63) is 35.9 Å². The number of aliphatic hydroxyl groups excluding tert-OH is 1. The summed E-state index contributed by atoms with van der Waals surface area (Å²) in [6.45, 7) is 2.30. The van der Waals surface area contributed by atoms with E-state index >= 15 is 0 Å². The van der Waals surface area contributed by atoms with Crippen molar-refractivity contribution in [2.45, 2.75) is 18.6 Å². The number of nitrogens with zero attached hydrogens (tertiary/aromatic N) is 1. The monoisotopic (exact) mass is 206 g/mol. The largest absolute Gasteiger partial charge is 0.392 e. The number of aliphatic hydroxyl groups is 1. The van der Waals surface area contributed by atoms with Crippen LogP contribution in [0.4, 0.5) is 0 Å². The van der Waals surface area contributed by atoms with Crippen LogP contribution in [0.2, 0.25) is 0 Å².